The lowest BCUT2D eigenvalue weighted by Crippen LogP contribution is -2.31. The summed E-state index contributed by atoms with van der Waals surface area (Å²) in [5.74, 6) is 0.418. The largest absolute Gasteiger partial charge is 0.350 e. The highest BCUT2D eigenvalue weighted by Gasteiger charge is 2.32. The number of hydrogen-bond donors (Lipinski definition) is 1. The maximum absolute atomic E-state index is 11.6. The van der Waals surface area contributed by atoms with Crippen molar-refractivity contribution in [2.45, 2.75) is 46.2 Å². The lowest BCUT2D eigenvalue weighted by molar-refractivity contribution is 0.275. The maximum Gasteiger partial charge on any atom is 0.151 e. The number of nitrogens with zero attached hydrogens (tertiary/aromatic N) is 1. The SMILES string of the molecule is CCS(=O)(=O)CCn1ccc2c1CC(C)(C)CC2N. The first-order valence-electron chi connectivity index (χ1n) is 6.88. The third kappa shape index (κ3) is 3.20. The van der Waals surface area contributed by atoms with Crippen LogP contribution in [-0.2, 0) is 22.8 Å². The molecule has 108 valence electrons. The Hall–Kier alpha value is -0.810. The fourth-order valence-electron chi connectivity index (χ4n) is 2.89. The third-order valence-corrected chi connectivity index (χ3v) is 5.70. The summed E-state index contributed by atoms with van der Waals surface area (Å²) in [6, 6.07) is 2.12. The Morgan fingerprint density at radius 2 is 2.16 bits per heavy atom. The molecule has 0 radical (unpaired) electrons. The van der Waals surface area contributed by atoms with Crippen molar-refractivity contribution in [3.8, 4) is 0 Å². The van der Waals surface area contributed by atoms with Crippen LogP contribution in [0.3, 0.4) is 0 Å². The van der Waals surface area contributed by atoms with Crippen LogP contribution in [0, 0.1) is 5.41 Å². The molecular formula is C14H24N2O2S. The number of aryl methyl sites for hydroxylation is 1. The summed E-state index contributed by atoms with van der Waals surface area (Å²) in [6.07, 6.45) is 3.93. The molecule has 0 amide bonds. The van der Waals surface area contributed by atoms with Crippen molar-refractivity contribution < 1.29 is 8.42 Å². The van der Waals surface area contributed by atoms with E-state index in [1.54, 1.807) is 6.92 Å². The number of nitrogens with two attached hydrogens (primary N) is 1. The number of sulfone groups is 1. The van der Waals surface area contributed by atoms with Crippen molar-refractivity contribution in [1.82, 2.24) is 4.57 Å². The van der Waals surface area contributed by atoms with Crippen molar-refractivity contribution in [2.75, 3.05) is 11.5 Å². The quantitative estimate of drug-likeness (QED) is 0.918. The second-order valence-corrected chi connectivity index (χ2v) is 8.77. The molecule has 2 N–H and O–H groups in total. The Morgan fingerprint density at radius 1 is 1.47 bits per heavy atom. The van der Waals surface area contributed by atoms with Gasteiger partial charge in [0.05, 0.1) is 5.75 Å². The molecule has 0 bridgehead atoms. The van der Waals surface area contributed by atoms with E-state index in [4.69, 9.17) is 5.73 Å². The fourth-order valence-corrected chi connectivity index (χ4v) is 3.65. The molecule has 0 spiro atoms. The molecule has 1 heterocycles. The van der Waals surface area contributed by atoms with Crippen molar-refractivity contribution in [1.29, 1.82) is 0 Å². The highest BCUT2D eigenvalue weighted by atomic mass is 32.2. The van der Waals surface area contributed by atoms with Crippen LogP contribution >= 0.6 is 0 Å². The zero-order valence-corrected chi connectivity index (χ0v) is 12.8. The van der Waals surface area contributed by atoms with Gasteiger partial charge in [-0.05, 0) is 29.9 Å². The van der Waals surface area contributed by atoms with Gasteiger partial charge in [0.25, 0.3) is 0 Å². The Morgan fingerprint density at radius 3 is 2.79 bits per heavy atom. The van der Waals surface area contributed by atoms with Crippen molar-refractivity contribution in [3.05, 3.63) is 23.5 Å². The molecule has 1 aliphatic carbocycles. The number of fused-ring (bicyclic) bond motifs is 1. The molecule has 0 saturated carbocycles. The van der Waals surface area contributed by atoms with E-state index < -0.39 is 9.84 Å². The van der Waals surface area contributed by atoms with Crippen LogP contribution in [0.4, 0.5) is 0 Å². The summed E-state index contributed by atoms with van der Waals surface area (Å²) in [7, 11) is -2.92. The van der Waals surface area contributed by atoms with Gasteiger partial charge in [-0.3, -0.25) is 0 Å². The summed E-state index contributed by atoms with van der Waals surface area (Å²) < 4.78 is 25.3. The van der Waals surface area contributed by atoms with Crippen LogP contribution in [0.1, 0.15) is 44.5 Å². The van der Waals surface area contributed by atoms with Gasteiger partial charge in [0.1, 0.15) is 0 Å². The summed E-state index contributed by atoms with van der Waals surface area (Å²) in [5, 5.41) is 0. The average molecular weight is 284 g/mol. The van der Waals surface area contributed by atoms with Gasteiger partial charge in [0.2, 0.25) is 0 Å². The van der Waals surface area contributed by atoms with E-state index >= 15 is 0 Å². The summed E-state index contributed by atoms with van der Waals surface area (Å²) >= 11 is 0. The molecule has 4 nitrogen and oxygen atoms in total. The van der Waals surface area contributed by atoms with Gasteiger partial charge in [0, 0.05) is 30.2 Å². The molecule has 1 aromatic heterocycles. The Labute approximate surface area is 115 Å². The van der Waals surface area contributed by atoms with E-state index in [0.29, 0.717) is 6.54 Å². The molecule has 1 aliphatic rings. The molecule has 19 heavy (non-hydrogen) atoms. The highest BCUT2D eigenvalue weighted by molar-refractivity contribution is 7.91. The molecule has 1 unspecified atom stereocenters. The van der Waals surface area contributed by atoms with E-state index in [1.807, 2.05) is 12.3 Å². The lowest BCUT2D eigenvalue weighted by atomic mass is 9.74. The van der Waals surface area contributed by atoms with Crippen molar-refractivity contribution in [3.63, 3.8) is 0 Å². The molecular weight excluding hydrogens is 260 g/mol. The summed E-state index contributed by atoms with van der Waals surface area (Å²) in [4.78, 5) is 0. The van der Waals surface area contributed by atoms with Gasteiger partial charge >= 0.3 is 0 Å². The molecule has 1 atom stereocenters. The van der Waals surface area contributed by atoms with Gasteiger partial charge in [-0.2, -0.15) is 0 Å². The number of aromatic nitrogens is 1. The van der Waals surface area contributed by atoms with Gasteiger partial charge in [-0.1, -0.05) is 20.8 Å². The van der Waals surface area contributed by atoms with Gasteiger partial charge in [-0.15, -0.1) is 0 Å². The minimum atomic E-state index is -2.92. The molecule has 1 aromatic rings. The van der Waals surface area contributed by atoms with E-state index in [1.165, 1.54) is 11.3 Å². The standard InChI is InChI=1S/C14H24N2O2S/c1-4-19(17,18)8-7-16-6-5-11-12(15)9-14(2,3)10-13(11)16/h5-6,12H,4,7-10,15H2,1-3H3. The minimum absolute atomic E-state index is 0.0720. The van der Waals surface area contributed by atoms with Crippen LogP contribution in [0.5, 0.6) is 0 Å². The molecule has 0 fully saturated rings. The minimum Gasteiger partial charge on any atom is -0.350 e. The Bertz CT molecular complexity index is 558. The second-order valence-electron chi connectivity index (χ2n) is 6.30. The number of hydrogen-bond acceptors (Lipinski definition) is 3. The number of rotatable bonds is 4. The normalized spacial score (nSPS) is 22.2. The van der Waals surface area contributed by atoms with E-state index in [2.05, 4.69) is 18.4 Å². The molecule has 0 aromatic carbocycles. The first kappa shape index (κ1) is 14.6. The Kier molecular flexibility index (Phi) is 3.80. The lowest BCUT2D eigenvalue weighted by Gasteiger charge is -2.34. The van der Waals surface area contributed by atoms with Crippen LogP contribution in [0.2, 0.25) is 0 Å². The van der Waals surface area contributed by atoms with Gasteiger partial charge < -0.3 is 10.3 Å². The zero-order valence-electron chi connectivity index (χ0n) is 12.0. The zero-order chi connectivity index (χ0) is 14.3. The van der Waals surface area contributed by atoms with E-state index in [0.717, 1.165) is 12.8 Å². The van der Waals surface area contributed by atoms with Crippen LogP contribution in [-0.4, -0.2) is 24.5 Å². The molecule has 0 aliphatic heterocycles. The predicted molar refractivity (Wildman–Crippen MR) is 77.8 cm³/mol. The monoisotopic (exact) mass is 284 g/mol. The topological polar surface area (TPSA) is 65.1 Å². The first-order chi connectivity index (χ1) is 8.74. The summed E-state index contributed by atoms with van der Waals surface area (Å²) in [6.45, 7) is 6.67. The highest BCUT2D eigenvalue weighted by Crippen LogP contribution is 2.39. The second kappa shape index (κ2) is 4.94. The van der Waals surface area contributed by atoms with Crippen LogP contribution in [0.25, 0.3) is 0 Å². The Balaban J connectivity index is 2.21. The van der Waals surface area contributed by atoms with Crippen LogP contribution in [0.15, 0.2) is 12.3 Å². The smallest absolute Gasteiger partial charge is 0.151 e. The van der Waals surface area contributed by atoms with E-state index in [9.17, 15) is 8.42 Å². The van der Waals surface area contributed by atoms with Crippen molar-refractivity contribution in [2.24, 2.45) is 11.1 Å². The van der Waals surface area contributed by atoms with Gasteiger partial charge in [-0.25, -0.2) is 8.42 Å². The summed E-state index contributed by atoms with van der Waals surface area (Å²) in [5.41, 5.74) is 8.80. The van der Waals surface area contributed by atoms with Crippen molar-refractivity contribution >= 4 is 9.84 Å². The van der Waals surface area contributed by atoms with E-state index in [-0.39, 0.29) is 23.0 Å². The fraction of sp³-hybridized carbons (Fsp3) is 0.714. The third-order valence-electron chi connectivity index (χ3n) is 4.01. The molecule has 2 rings (SSSR count). The average Bonchev–Trinajstić information content (AvgIpc) is 2.68. The van der Waals surface area contributed by atoms with Crippen LogP contribution < -0.4 is 5.73 Å². The maximum atomic E-state index is 11.6. The predicted octanol–water partition coefficient (Wildman–Crippen LogP) is 1.90. The van der Waals surface area contributed by atoms with Gasteiger partial charge in [0.15, 0.2) is 9.84 Å². The molecule has 0 saturated heterocycles. The first-order valence-corrected chi connectivity index (χ1v) is 8.70. The molecule has 5 heteroatoms.